The van der Waals surface area contributed by atoms with Gasteiger partial charge in [0.05, 0.1) is 17.5 Å². The number of anilines is 1. The number of hydrogen-bond donors (Lipinski definition) is 1. The number of hydrogen-bond acceptors (Lipinski definition) is 5. The van der Waals surface area contributed by atoms with Gasteiger partial charge in [-0.2, -0.15) is 5.10 Å². The quantitative estimate of drug-likeness (QED) is 0.471. The third-order valence-electron chi connectivity index (χ3n) is 4.80. The van der Waals surface area contributed by atoms with Crippen molar-refractivity contribution >= 4 is 40.0 Å². The van der Waals surface area contributed by atoms with E-state index in [2.05, 4.69) is 74.9 Å². The summed E-state index contributed by atoms with van der Waals surface area (Å²) in [5.74, 6) is 1.82. The van der Waals surface area contributed by atoms with Crippen LogP contribution >= 0.6 is 12.4 Å². The SMILES string of the molecule is CC(C)COc1ccc2cc(-c3nn(C(C)(C)C)c4ncnc(N)c34)ccc2c1.Cl. The van der Waals surface area contributed by atoms with Crippen LogP contribution in [0.2, 0.25) is 0 Å². The Morgan fingerprint density at radius 2 is 1.73 bits per heavy atom. The molecule has 2 N–H and O–H groups in total. The molecular weight excluding hydrogens is 398 g/mol. The molecule has 2 heterocycles. The highest BCUT2D eigenvalue weighted by molar-refractivity contribution is 6.00. The van der Waals surface area contributed by atoms with Crippen LogP contribution in [0.4, 0.5) is 5.82 Å². The molecule has 0 unspecified atom stereocenters. The molecule has 0 aliphatic rings. The highest BCUT2D eigenvalue weighted by Gasteiger charge is 2.23. The summed E-state index contributed by atoms with van der Waals surface area (Å²) in [4.78, 5) is 8.65. The van der Waals surface area contributed by atoms with Crippen molar-refractivity contribution < 1.29 is 4.74 Å². The van der Waals surface area contributed by atoms with Crippen molar-refractivity contribution in [3.63, 3.8) is 0 Å². The number of halogens is 1. The van der Waals surface area contributed by atoms with E-state index in [9.17, 15) is 0 Å². The maximum absolute atomic E-state index is 6.22. The van der Waals surface area contributed by atoms with Crippen LogP contribution in [-0.2, 0) is 5.54 Å². The minimum Gasteiger partial charge on any atom is -0.493 e. The van der Waals surface area contributed by atoms with Gasteiger partial charge >= 0.3 is 0 Å². The molecular formula is C23H28ClN5O. The molecule has 0 radical (unpaired) electrons. The molecule has 6 nitrogen and oxygen atoms in total. The molecule has 2 aromatic heterocycles. The Balaban J connectivity index is 0.00000256. The molecule has 2 aromatic carbocycles. The van der Waals surface area contributed by atoms with Gasteiger partial charge in [0, 0.05) is 5.56 Å². The summed E-state index contributed by atoms with van der Waals surface area (Å²) in [5, 5.41) is 7.91. The van der Waals surface area contributed by atoms with Gasteiger partial charge in [0.25, 0.3) is 0 Å². The minimum atomic E-state index is -0.225. The summed E-state index contributed by atoms with van der Waals surface area (Å²) in [6, 6.07) is 12.5. The maximum Gasteiger partial charge on any atom is 0.164 e. The zero-order chi connectivity index (χ0) is 20.8. The molecule has 4 rings (SSSR count). The van der Waals surface area contributed by atoms with Gasteiger partial charge in [-0.15, -0.1) is 12.4 Å². The van der Waals surface area contributed by atoms with E-state index in [1.165, 1.54) is 6.33 Å². The van der Waals surface area contributed by atoms with Crippen LogP contribution in [-0.4, -0.2) is 26.4 Å². The van der Waals surface area contributed by atoms with Gasteiger partial charge in [-0.05, 0) is 55.7 Å². The lowest BCUT2D eigenvalue weighted by atomic mass is 10.0. The third kappa shape index (κ3) is 4.05. The smallest absolute Gasteiger partial charge is 0.164 e. The summed E-state index contributed by atoms with van der Waals surface area (Å²) < 4.78 is 7.78. The number of fused-ring (bicyclic) bond motifs is 2. The molecule has 0 saturated heterocycles. The lowest BCUT2D eigenvalue weighted by Crippen LogP contribution is -2.23. The van der Waals surface area contributed by atoms with Crippen LogP contribution in [0.1, 0.15) is 34.6 Å². The molecule has 0 atom stereocenters. The van der Waals surface area contributed by atoms with Crippen molar-refractivity contribution in [2.75, 3.05) is 12.3 Å². The second-order valence-corrected chi connectivity index (χ2v) is 8.82. The lowest BCUT2D eigenvalue weighted by Gasteiger charge is -2.19. The van der Waals surface area contributed by atoms with E-state index in [0.29, 0.717) is 18.3 Å². The molecule has 158 valence electrons. The molecule has 0 spiro atoms. The zero-order valence-electron chi connectivity index (χ0n) is 18.0. The fourth-order valence-corrected chi connectivity index (χ4v) is 3.37. The van der Waals surface area contributed by atoms with Gasteiger partial charge in [-0.1, -0.05) is 32.0 Å². The highest BCUT2D eigenvalue weighted by atomic mass is 35.5. The van der Waals surface area contributed by atoms with E-state index < -0.39 is 0 Å². The van der Waals surface area contributed by atoms with Crippen molar-refractivity contribution in [2.24, 2.45) is 5.92 Å². The Morgan fingerprint density at radius 1 is 1.03 bits per heavy atom. The Hall–Kier alpha value is -2.86. The number of nitrogens with zero attached hydrogens (tertiary/aromatic N) is 4. The van der Waals surface area contributed by atoms with E-state index in [0.717, 1.165) is 38.8 Å². The monoisotopic (exact) mass is 425 g/mol. The Kier molecular flexibility index (Phi) is 5.90. The molecule has 30 heavy (non-hydrogen) atoms. The van der Waals surface area contributed by atoms with Crippen molar-refractivity contribution in [2.45, 2.75) is 40.2 Å². The topological polar surface area (TPSA) is 78.8 Å². The van der Waals surface area contributed by atoms with Gasteiger partial charge < -0.3 is 10.5 Å². The van der Waals surface area contributed by atoms with Gasteiger partial charge in [-0.25, -0.2) is 14.6 Å². The average molecular weight is 426 g/mol. The third-order valence-corrected chi connectivity index (χ3v) is 4.80. The van der Waals surface area contributed by atoms with Crippen molar-refractivity contribution in [3.8, 4) is 17.0 Å². The van der Waals surface area contributed by atoms with E-state index >= 15 is 0 Å². The number of nitrogen functional groups attached to an aromatic ring is 1. The van der Waals surface area contributed by atoms with Gasteiger partial charge in [0.2, 0.25) is 0 Å². The fourth-order valence-electron chi connectivity index (χ4n) is 3.37. The first-order valence-corrected chi connectivity index (χ1v) is 9.90. The first-order chi connectivity index (χ1) is 13.7. The Bertz CT molecular complexity index is 1190. The van der Waals surface area contributed by atoms with E-state index in [1.807, 2.05) is 10.7 Å². The second kappa shape index (κ2) is 8.11. The molecule has 0 aliphatic carbocycles. The number of rotatable bonds is 4. The van der Waals surface area contributed by atoms with Crippen LogP contribution in [0.25, 0.3) is 33.1 Å². The Labute approximate surface area is 182 Å². The standard InChI is InChI=1S/C23H27N5O.ClH/c1-14(2)12-29-18-9-8-15-10-17(7-6-16(15)11-18)20-19-21(24)25-13-26-22(19)28(27-20)23(3,4)5;/h6-11,13-14H,12H2,1-5H3,(H2,24,25,26);1H. The molecule has 0 saturated carbocycles. The summed E-state index contributed by atoms with van der Waals surface area (Å²) in [5.41, 5.74) is 8.53. The molecule has 4 aromatic rings. The van der Waals surface area contributed by atoms with Crippen LogP contribution in [0.15, 0.2) is 42.7 Å². The van der Waals surface area contributed by atoms with Crippen LogP contribution in [0, 0.1) is 5.92 Å². The molecule has 0 fully saturated rings. The van der Waals surface area contributed by atoms with Crippen molar-refractivity contribution in [1.29, 1.82) is 0 Å². The lowest BCUT2D eigenvalue weighted by molar-refractivity contribution is 0.271. The molecule has 0 aliphatic heterocycles. The van der Waals surface area contributed by atoms with Crippen molar-refractivity contribution in [3.05, 3.63) is 42.7 Å². The number of nitrogens with two attached hydrogens (primary N) is 1. The summed E-state index contributed by atoms with van der Waals surface area (Å²) in [6.45, 7) is 11.3. The number of ether oxygens (including phenoxy) is 1. The first-order valence-electron chi connectivity index (χ1n) is 9.90. The minimum absolute atomic E-state index is 0. The number of benzene rings is 2. The number of aromatic nitrogens is 4. The van der Waals surface area contributed by atoms with Crippen molar-refractivity contribution in [1.82, 2.24) is 19.7 Å². The Morgan fingerprint density at radius 3 is 2.43 bits per heavy atom. The maximum atomic E-state index is 6.22. The van der Waals surface area contributed by atoms with E-state index in [4.69, 9.17) is 15.6 Å². The first kappa shape index (κ1) is 21.8. The van der Waals surface area contributed by atoms with Gasteiger partial charge in [0.1, 0.15) is 23.6 Å². The summed E-state index contributed by atoms with van der Waals surface area (Å²) >= 11 is 0. The predicted octanol–water partition coefficient (Wildman–Crippen LogP) is 5.44. The largest absolute Gasteiger partial charge is 0.493 e. The normalized spacial score (nSPS) is 11.8. The molecule has 7 heteroatoms. The van der Waals surface area contributed by atoms with Gasteiger partial charge in [0.15, 0.2) is 5.65 Å². The second-order valence-electron chi connectivity index (χ2n) is 8.82. The highest BCUT2D eigenvalue weighted by Crippen LogP contribution is 2.34. The summed E-state index contributed by atoms with van der Waals surface area (Å²) in [7, 11) is 0. The fraction of sp³-hybridized carbons (Fsp3) is 0.348. The predicted molar refractivity (Wildman–Crippen MR) is 125 cm³/mol. The van der Waals surface area contributed by atoms with E-state index in [-0.39, 0.29) is 17.9 Å². The van der Waals surface area contributed by atoms with Gasteiger partial charge in [-0.3, -0.25) is 0 Å². The van der Waals surface area contributed by atoms with Crippen LogP contribution < -0.4 is 10.5 Å². The van der Waals surface area contributed by atoms with E-state index in [1.54, 1.807) is 0 Å². The van der Waals surface area contributed by atoms with Crippen LogP contribution in [0.3, 0.4) is 0 Å². The molecule has 0 amide bonds. The summed E-state index contributed by atoms with van der Waals surface area (Å²) in [6.07, 6.45) is 1.49. The molecule has 0 bridgehead atoms. The average Bonchev–Trinajstić information content (AvgIpc) is 3.07. The van der Waals surface area contributed by atoms with Crippen LogP contribution in [0.5, 0.6) is 5.75 Å². The zero-order valence-corrected chi connectivity index (χ0v) is 18.8.